The highest BCUT2D eigenvalue weighted by Crippen LogP contribution is 2.13. The first-order chi connectivity index (χ1) is 10.1. The number of nitrogens with two attached hydrogens (primary N) is 1. The van der Waals surface area contributed by atoms with Crippen molar-refractivity contribution in [3.63, 3.8) is 0 Å². The summed E-state index contributed by atoms with van der Waals surface area (Å²) < 4.78 is 12.9. The topological polar surface area (TPSA) is 55.1 Å². The minimum Gasteiger partial charge on any atom is -0.348 e. The molecule has 0 spiro atoms. The second-order valence-corrected chi connectivity index (χ2v) is 5.08. The van der Waals surface area contributed by atoms with Gasteiger partial charge in [0.25, 0.3) is 0 Å². The Hall–Kier alpha value is -2.20. The Labute approximate surface area is 124 Å². The lowest BCUT2D eigenvalue weighted by Crippen LogP contribution is -2.42. The summed E-state index contributed by atoms with van der Waals surface area (Å²) >= 11 is 0. The molecule has 3 nitrogen and oxygen atoms in total. The third-order valence-electron chi connectivity index (χ3n) is 3.36. The monoisotopic (exact) mass is 286 g/mol. The fraction of sp³-hybridized carbons (Fsp3) is 0.235. The molecule has 3 N–H and O–H groups in total. The van der Waals surface area contributed by atoms with Gasteiger partial charge in [0.05, 0.1) is 12.1 Å². The first-order valence-corrected chi connectivity index (χ1v) is 6.91. The Morgan fingerprint density at radius 3 is 2.38 bits per heavy atom. The van der Waals surface area contributed by atoms with Gasteiger partial charge in [0.15, 0.2) is 0 Å². The maximum Gasteiger partial charge on any atom is 0.237 e. The van der Waals surface area contributed by atoms with E-state index in [9.17, 15) is 9.18 Å². The van der Waals surface area contributed by atoms with Gasteiger partial charge in [-0.1, -0.05) is 42.5 Å². The van der Waals surface area contributed by atoms with Gasteiger partial charge in [-0.05, 0) is 36.6 Å². The number of carbonyl (C=O) groups is 1. The van der Waals surface area contributed by atoms with Crippen LogP contribution in [0.4, 0.5) is 4.39 Å². The normalized spacial score (nSPS) is 13.5. The van der Waals surface area contributed by atoms with Gasteiger partial charge in [-0.15, -0.1) is 0 Å². The van der Waals surface area contributed by atoms with Gasteiger partial charge < -0.3 is 11.1 Å². The largest absolute Gasteiger partial charge is 0.348 e. The molecule has 0 aliphatic carbocycles. The SMILES string of the molecule is CC(NC(=O)C(N)Cc1ccccc1)c1ccc(F)cc1. The molecule has 110 valence electrons. The molecule has 2 aromatic rings. The van der Waals surface area contributed by atoms with Crippen LogP contribution in [0.3, 0.4) is 0 Å². The number of nitrogens with one attached hydrogen (secondary N) is 1. The van der Waals surface area contributed by atoms with Crippen LogP contribution in [0.5, 0.6) is 0 Å². The van der Waals surface area contributed by atoms with Crippen LogP contribution < -0.4 is 11.1 Å². The van der Waals surface area contributed by atoms with E-state index in [1.807, 2.05) is 37.3 Å². The van der Waals surface area contributed by atoms with E-state index >= 15 is 0 Å². The molecule has 0 bridgehead atoms. The van der Waals surface area contributed by atoms with E-state index in [0.29, 0.717) is 6.42 Å². The lowest BCUT2D eigenvalue weighted by atomic mass is 10.0. The number of halogens is 1. The quantitative estimate of drug-likeness (QED) is 0.887. The van der Waals surface area contributed by atoms with Crippen molar-refractivity contribution in [3.05, 3.63) is 71.5 Å². The van der Waals surface area contributed by atoms with Crippen LogP contribution >= 0.6 is 0 Å². The van der Waals surface area contributed by atoms with Crippen molar-refractivity contribution in [1.82, 2.24) is 5.32 Å². The van der Waals surface area contributed by atoms with E-state index in [0.717, 1.165) is 11.1 Å². The minimum atomic E-state index is -0.602. The average molecular weight is 286 g/mol. The molecule has 4 heteroatoms. The van der Waals surface area contributed by atoms with Crippen molar-refractivity contribution in [1.29, 1.82) is 0 Å². The highest BCUT2D eigenvalue weighted by Gasteiger charge is 2.17. The van der Waals surface area contributed by atoms with Crippen molar-refractivity contribution >= 4 is 5.91 Å². The molecule has 2 unspecified atom stereocenters. The van der Waals surface area contributed by atoms with E-state index in [2.05, 4.69) is 5.32 Å². The van der Waals surface area contributed by atoms with Crippen molar-refractivity contribution in [3.8, 4) is 0 Å². The second kappa shape index (κ2) is 6.99. The zero-order valence-corrected chi connectivity index (χ0v) is 11.9. The molecule has 0 heterocycles. The van der Waals surface area contributed by atoms with Crippen LogP contribution in [-0.4, -0.2) is 11.9 Å². The third-order valence-corrected chi connectivity index (χ3v) is 3.36. The average Bonchev–Trinajstić information content (AvgIpc) is 2.48. The molecule has 0 aliphatic rings. The molecular weight excluding hydrogens is 267 g/mol. The van der Waals surface area contributed by atoms with Crippen molar-refractivity contribution in [2.75, 3.05) is 0 Å². The van der Waals surface area contributed by atoms with Crippen molar-refractivity contribution < 1.29 is 9.18 Å². The van der Waals surface area contributed by atoms with Gasteiger partial charge in [-0.3, -0.25) is 4.79 Å². The number of hydrogen-bond donors (Lipinski definition) is 2. The fourth-order valence-corrected chi connectivity index (χ4v) is 2.12. The van der Waals surface area contributed by atoms with Gasteiger partial charge in [0, 0.05) is 0 Å². The minimum absolute atomic E-state index is 0.208. The zero-order chi connectivity index (χ0) is 15.2. The number of benzene rings is 2. The van der Waals surface area contributed by atoms with Crippen LogP contribution in [0.25, 0.3) is 0 Å². The molecule has 0 saturated heterocycles. The molecule has 0 saturated carbocycles. The molecule has 0 radical (unpaired) electrons. The summed E-state index contributed by atoms with van der Waals surface area (Å²) in [5.41, 5.74) is 7.79. The molecule has 21 heavy (non-hydrogen) atoms. The maximum absolute atomic E-state index is 12.9. The van der Waals surface area contributed by atoms with E-state index < -0.39 is 6.04 Å². The first-order valence-electron chi connectivity index (χ1n) is 6.91. The van der Waals surface area contributed by atoms with Gasteiger partial charge in [0.2, 0.25) is 5.91 Å². The summed E-state index contributed by atoms with van der Waals surface area (Å²) in [7, 11) is 0. The molecule has 2 atom stereocenters. The van der Waals surface area contributed by atoms with Gasteiger partial charge in [0.1, 0.15) is 5.82 Å². The Kier molecular flexibility index (Phi) is 5.06. The molecule has 2 rings (SSSR count). The Morgan fingerprint density at radius 1 is 1.14 bits per heavy atom. The Bertz CT molecular complexity index is 583. The van der Waals surface area contributed by atoms with E-state index in [-0.39, 0.29) is 17.8 Å². The van der Waals surface area contributed by atoms with Crippen LogP contribution in [-0.2, 0) is 11.2 Å². The number of amides is 1. The molecular formula is C17H19FN2O. The summed E-state index contributed by atoms with van der Waals surface area (Å²) in [6.07, 6.45) is 0.489. The highest BCUT2D eigenvalue weighted by atomic mass is 19.1. The Morgan fingerprint density at radius 2 is 1.76 bits per heavy atom. The number of carbonyl (C=O) groups excluding carboxylic acids is 1. The summed E-state index contributed by atoms with van der Waals surface area (Å²) in [5.74, 6) is -0.506. The van der Waals surface area contributed by atoms with Crippen LogP contribution in [0.1, 0.15) is 24.1 Å². The lowest BCUT2D eigenvalue weighted by Gasteiger charge is -2.18. The van der Waals surface area contributed by atoms with Crippen molar-refractivity contribution in [2.45, 2.75) is 25.4 Å². The fourth-order valence-electron chi connectivity index (χ4n) is 2.12. The molecule has 2 aromatic carbocycles. The van der Waals surface area contributed by atoms with Crippen LogP contribution in [0.15, 0.2) is 54.6 Å². The van der Waals surface area contributed by atoms with Gasteiger partial charge in [-0.25, -0.2) is 4.39 Å². The van der Waals surface area contributed by atoms with E-state index in [1.165, 1.54) is 12.1 Å². The Balaban J connectivity index is 1.92. The maximum atomic E-state index is 12.9. The number of hydrogen-bond acceptors (Lipinski definition) is 2. The first kappa shape index (κ1) is 15.2. The van der Waals surface area contributed by atoms with E-state index in [1.54, 1.807) is 12.1 Å². The third kappa shape index (κ3) is 4.39. The van der Waals surface area contributed by atoms with Crippen molar-refractivity contribution in [2.24, 2.45) is 5.73 Å². The molecule has 0 aliphatic heterocycles. The lowest BCUT2D eigenvalue weighted by molar-refractivity contribution is -0.123. The molecule has 0 fully saturated rings. The van der Waals surface area contributed by atoms with Gasteiger partial charge >= 0.3 is 0 Å². The summed E-state index contributed by atoms with van der Waals surface area (Å²) in [5, 5.41) is 2.85. The smallest absolute Gasteiger partial charge is 0.237 e. The zero-order valence-electron chi connectivity index (χ0n) is 11.9. The second-order valence-electron chi connectivity index (χ2n) is 5.08. The predicted molar refractivity (Wildman–Crippen MR) is 81.1 cm³/mol. The predicted octanol–water partition coefficient (Wildman–Crippen LogP) is 2.57. The van der Waals surface area contributed by atoms with Gasteiger partial charge in [-0.2, -0.15) is 0 Å². The highest BCUT2D eigenvalue weighted by molar-refractivity contribution is 5.82. The number of rotatable bonds is 5. The molecule has 0 aromatic heterocycles. The summed E-state index contributed by atoms with van der Waals surface area (Å²) in [6, 6.07) is 14.9. The summed E-state index contributed by atoms with van der Waals surface area (Å²) in [4.78, 5) is 12.1. The molecule has 1 amide bonds. The van der Waals surface area contributed by atoms with Crippen LogP contribution in [0.2, 0.25) is 0 Å². The summed E-state index contributed by atoms with van der Waals surface area (Å²) in [6.45, 7) is 1.85. The standard InChI is InChI=1S/C17H19FN2O/c1-12(14-7-9-15(18)10-8-14)20-17(21)16(19)11-13-5-3-2-4-6-13/h2-10,12,16H,11,19H2,1H3,(H,20,21). The van der Waals surface area contributed by atoms with E-state index in [4.69, 9.17) is 5.73 Å². The van der Waals surface area contributed by atoms with Crippen LogP contribution in [0, 0.1) is 5.82 Å².